The number of nitrogens with zero attached hydrogens (tertiary/aromatic N) is 1. The first-order valence-electron chi connectivity index (χ1n) is 9.58. The predicted octanol–water partition coefficient (Wildman–Crippen LogP) is 2.30. The molecule has 0 bridgehead atoms. The van der Waals surface area contributed by atoms with Crippen LogP contribution in [-0.4, -0.2) is 54.6 Å². The van der Waals surface area contributed by atoms with Crippen LogP contribution >= 0.6 is 0 Å². The molecule has 1 fully saturated rings. The molecule has 7 heteroatoms. The minimum Gasteiger partial charge on any atom is -0.444 e. The highest BCUT2D eigenvalue weighted by atomic mass is 16.6. The van der Waals surface area contributed by atoms with Gasteiger partial charge in [-0.05, 0) is 45.4 Å². The molecule has 0 saturated carbocycles. The van der Waals surface area contributed by atoms with Crippen molar-refractivity contribution in [1.82, 2.24) is 15.5 Å². The summed E-state index contributed by atoms with van der Waals surface area (Å²) in [4.78, 5) is 37.4. The third-order valence-corrected chi connectivity index (χ3v) is 4.16. The Bertz CT molecular complexity index is 478. The number of alkyl carbamates (subject to hydrolysis) is 1. The molecule has 1 aliphatic rings. The SMILES string of the molecule is CC(C)CC(=O)N1CCC(CNC(=O)CCNC(=O)OC(C)(C)C)CC1. The molecule has 1 heterocycles. The van der Waals surface area contributed by atoms with Crippen molar-refractivity contribution < 1.29 is 19.1 Å². The number of hydrogen-bond acceptors (Lipinski definition) is 4. The number of hydrogen-bond donors (Lipinski definition) is 2. The topological polar surface area (TPSA) is 87.7 Å². The number of nitrogens with one attached hydrogen (secondary N) is 2. The fourth-order valence-electron chi connectivity index (χ4n) is 2.80. The van der Waals surface area contributed by atoms with Crippen molar-refractivity contribution in [3.05, 3.63) is 0 Å². The molecule has 7 nitrogen and oxygen atoms in total. The lowest BCUT2D eigenvalue weighted by Gasteiger charge is -2.32. The first kappa shape index (κ1) is 22.3. The number of amides is 3. The van der Waals surface area contributed by atoms with E-state index in [2.05, 4.69) is 24.5 Å². The lowest BCUT2D eigenvalue weighted by Crippen LogP contribution is -2.42. The third kappa shape index (κ3) is 9.63. The van der Waals surface area contributed by atoms with Crippen LogP contribution in [0.3, 0.4) is 0 Å². The first-order chi connectivity index (χ1) is 12.1. The highest BCUT2D eigenvalue weighted by molar-refractivity contribution is 5.77. The normalized spacial score (nSPS) is 15.7. The van der Waals surface area contributed by atoms with Gasteiger partial charge in [-0.15, -0.1) is 0 Å². The van der Waals surface area contributed by atoms with Crippen LogP contribution in [0.5, 0.6) is 0 Å². The molecular formula is C19H35N3O4. The summed E-state index contributed by atoms with van der Waals surface area (Å²) in [5.74, 6) is 0.935. The molecule has 0 atom stereocenters. The van der Waals surface area contributed by atoms with Gasteiger partial charge < -0.3 is 20.3 Å². The van der Waals surface area contributed by atoms with Crippen molar-refractivity contribution >= 4 is 17.9 Å². The molecule has 0 aromatic rings. The minimum atomic E-state index is -0.544. The molecule has 0 aliphatic carbocycles. The Balaban J connectivity index is 2.15. The number of likely N-dealkylation sites (tertiary alicyclic amines) is 1. The van der Waals surface area contributed by atoms with Crippen molar-refractivity contribution in [2.75, 3.05) is 26.2 Å². The fourth-order valence-corrected chi connectivity index (χ4v) is 2.80. The van der Waals surface area contributed by atoms with Crippen molar-refractivity contribution in [2.45, 2.75) is 65.9 Å². The van der Waals surface area contributed by atoms with E-state index in [9.17, 15) is 14.4 Å². The molecule has 0 aromatic heterocycles. The van der Waals surface area contributed by atoms with Crippen molar-refractivity contribution in [2.24, 2.45) is 11.8 Å². The average Bonchev–Trinajstić information content (AvgIpc) is 2.51. The zero-order valence-electron chi connectivity index (χ0n) is 16.9. The Kier molecular flexibility index (Phi) is 8.88. The zero-order chi connectivity index (χ0) is 19.7. The van der Waals surface area contributed by atoms with E-state index >= 15 is 0 Å². The molecule has 1 saturated heterocycles. The van der Waals surface area contributed by atoms with Crippen LogP contribution in [-0.2, 0) is 14.3 Å². The van der Waals surface area contributed by atoms with Crippen LogP contribution in [0.4, 0.5) is 4.79 Å². The standard InChI is InChI=1S/C19H35N3O4/c1-14(2)12-17(24)22-10-7-15(8-11-22)13-21-16(23)6-9-20-18(25)26-19(3,4)5/h14-15H,6-13H2,1-5H3,(H,20,25)(H,21,23). The summed E-state index contributed by atoms with van der Waals surface area (Å²) in [5, 5.41) is 5.49. The smallest absolute Gasteiger partial charge is 0.407 e. The van der Waals surface area contributed by atoms with Gasteiger partial charge in [-0.2, -0.15) is 0 Å². The Morgan fingerprint density at radius 2 is 1.73 bits per heavy atom. The molecule has 0 aromatic carbocycles. The van der Waals surface area contributed by atoms with Crippen LogP contribution in [0, 0.1) is 11.8 Å². The van der Waals surface area contributed by atoms with Crippen molar-refractivity contribution in [3.8, 4) is 0 Å². The predicted molar refractivity (Wildman–Crippen MR) is 101 cm³/mol. The van der Waals surface area contributed by atoms with Gasteiger partial charge in [0.05, 0.1) is 0 Å². The van der Waals surface area contributed by atoms with Crippen LogP contribution < -0.4 is 10.6 Å². The maximum absolute atomic E-state index is 12.1. The fraction of sp³-hybridized carbons (Fsp3) is 0.842. The lowest BCUT2D eigenvalue weighted by molar-refractivity contribution is -0.133. The lowest BCUT2D eigenvalue weighted by atomic mass is 9.96. The van der Waals surface area contributed by atoms with Crippen LogP contribution in [0.2, 0.25) is 0 Å². The summed E-state index contributed by atoms with van der Waals surface area (Å²) in [5.41, 5.74) is -0.544. The Morgan fingerprint density at radius 1 is 1.12 bits per heavy atom. The molecule has 0 radical (unpaired) electrons. The largest absolute Gasteiger partial charge is 0.444 e. The quantitative estimate of drug-likeness (QED) is 0.721. The van der Waals surface area contributed by atoms with E-state index in [1.807, 2.05) is 4.90 Å². The highest BCUT2D eigenvalue weighted by Gasteiger charge is 2.23. The molecule has 1 rings (SSSR count). The van der Waals surface area contributed by atoms with E-state index < -0.39 is 11.7 Å². The van der Waals surface area contributed by atoms with Crippen LogP contribution in [0.15, 0.2) is 0 Å². The number of ether oxygens (including phenoxy) is 1. The number of carbonyl (C=O) groups excluding carboxylic acids is 3. The number of rotatable bonds is 7. The summed E-state index contributed by atoms with van der Waals surface area (Å²) >= 11 is 0. The molecule has 2 N–H and O–H groups in total. The van der Waals surface area contributed by atoms with Gasteiger partial charge in [0.15, 0.2) is 0 Å². The minimum absolute atomic E-state index is 0.0839. The Hall–Kier alpha value is -1.79. The summed E-state index contributed by atoms with van der Waals surface area (Å²) in [7, 11) is 0. The molecule has 0 unspecified atom stereocenters. The monoisotopic (exact) mass is 369 g/mol. The summed E-state index contributed by atoms with van der Waals surface area (Å²) in [6.45, 7) is 11.9. The summed E-state index contributed by atoms with van der Waals surface area (Å²) < 4.78 is 5.11. The molecule has 1 aliphatic heterocycles. The van der Waals surface area contributed by atoms with Gasteiger partial charge in [-0.1, -0.05) is 13.8 Å². The number of piperidine rings is 1. The number of carbonyl (C=O) groups is 3. The van der Waals surface area contributed by atoms with Crippen LogP contribution in [0.1, 0.15) is 60.3 Å². The molecule has 0 spiro atoms. The second kappa shape index (κ2) is 10.4. The van der Waals surface area contributed by atoms with Gasteiger partial charge in [0.1, 0.15) is 5.60 Å². The second-order valence-corrected chi connectivity index (χ2v) is 8.40. The van der Waals surface area contributed by atoms with E-state index in [1.54, 1.807) is 20.8 Å². The van der Waals surface area contributed by atoms with Crippen LogP contribution in [0.25, 0.3) is 0 Å². The van der Waals surface area contributed by atoms with E-state index in [-0.39, 0.29) is 24.8 Å². The van der Waals surface area contributed by atoms with Crippen molar-refractivity contribution in [3.63, 3.8) is 0 Å². The van der Waals surface area contributed by atoms with E-state index in [0.717, 1.165) is 25.9 Å². The van der Waals surface area contributed by atoms with Gasteiger partial charge in [0.25, 0.3) is 0 Å². The van der Waals surface area contributed by atoms with Gasteiger partial charge >= 0.3 is 6.09 Å². The molecule has 150 valence electrons. The highest BCUT2D eigenvalue weighted by Crippen LogP contribution is 2.18. The second-order valence-electron chi connectivity index (χ2n) is 8.40. The Labute approximate surface area is 157 Å². The molecule has 26 heavy (non-hydrogen) atoms. The van der Waals surface area contributed by atoms with Gasteiger partial charge in [-0.3, -0.25) is 9.59 Å². The third-order valence-electron chi connectivity index (χ3n) is 4.16. The average molecular weight is 370 g/mol. The van der Waals surface area contributed by atoms with E-state index in [1.165, 1.54) is 0 Å². The van der Waals surface area contributed by atoms with Gasteiger partial charge in [-0.25, -0.2) is 4.79 Å². The van der Waals surface area contributed by atoms with E-state index in [4.69, 9.17) is 4.74 Å². The Morgan fingerprint density at radius 3 is 2.27 bits per heavy atom. The summed E-state index contributed by atoms with van der Waals surface area (Å²) in [6, 6.07) is 0. The molecule has 3 amide bonds. The first-order valence-corrected chi connectivity index (χ1v) is 9.58. The van der Waals surface area contributed by atoms with Gasteiger partial charge in [0, 0.05) is 39.0 Å². The van der Waals surface area contributed by atoms with E-state index in [0.29, 0.717) is 24.8 Å². The maximum Gasteiger partial charge on any atom is 0.407 e. The van der Waals surface area contributed by atoms with Crippen molar-refractivity contribution in [1.29, 1.82) is 0 Å². The van der Waals surface area contributed by atoms with Gasteiger partial charge in [0.2, 0.25) is 11.8 Å². The maximum atomic E-state index is 12.1. The zero-order valence-corrected chi connectivity index (χ0v) is 16.9. The molecular weight excluding hydrogens is 334 g/mol. The summed E-state index contributed by atoms with van der Waals surface area (Å²) in [6.07, 6.45) is 2.15.